The highest BCUT2D eigenvalue weighted by Crippen LogP contribution is 2.21. The van der Waals surface area contributed by atoms with Gasteiger partial charge in [0.25, 0.3) is 0 Å². The molecule has 3 heterocycles. The van der Waals surface area contributed by atoms with E-state index in [-0.39, 0.29) is 0 Å². The standard InChI is InChI=1S/C19H18N4/c1-2-4-16(5-3-1)19-21-12-17-8-11-23(14-18(17)22-19)13-15-6-9-20-10-7-15/h1-7,9-10,12H,8,11,13-14H2. The van der Waals surface area contributed by atoms with Gasteiger partial charge in [-0.1, -0.05) is 30.3 Å². The Bertz CT molecular complexity index is 787. The molecular weight excluding hydrogens is 284 g/mol. The smallest absolute Gasteiger partial charge is 0.159 e. The summed E-state index contributed by atoms with van der Waals surface area (Å²) in [6.45, 7) is 2.86. The number of benzene rings is 1. The zero-order chi connectivity index (χ0) is 15.5. The summed E-state index contributed by atoms with van der Waals surface area (Å²) in [7, 11) is 0. The van der Waals surface area contributed by atoms with Crippen molar-refractivity contribution in [1.82, 2.24) is 19.9 Å². The molecule has 4 heteroatoms. The molecule has 0 unspecified atom stereocenters. The van der Waals surface area contributed by atoms with Gasteiger partial charge in [-0.3, -0.25) is 9.88 Å². The molecule has 0 saturated heterocycles. The SMILES string of the molecule is c1ccc(-c2ncc3c(n2)CN(Cc2ccncc2)CC3)cc1. The molecule has 0 saturated carbocycles. The van der Waals surface area contributed by atoms with Crippen LogP contribution in [0.25, 0.3) is 11.4 Å². The average molecular weight is 302 g/mol. The van der Waals surface area contributed by atoms with Crippen LogP contribution in [0.3, 0.4) is 0 Å². The summed E-state index contributed by atoms with van der Waals surface area (Å²) >= 11 is 0. The lowest BCUT2D eigenvalue weighted by Gasteiger charge is -2.28. The first-order valence-corrected chi connectivity index (χ1v) is 7.90. The number of nitrogens with zero attached hydrogens (tertiary/aromatic N) is 4. The predicted octanol–water partition coefficient (Wildman–Crippen LogP) is 3.10. The summed E-state index contributed by atoms with van der Waals surface area (Å²) in [5.74, 6) is 0.815. The Kier molecular flexibility index (Phi) is 3.82. The minimum Gasteiger partial charge on any atom is -0.293 e. The van der Waals surface area contributed by atoms with E-state index in [9.17, 15) is 0 Å². The second-order valence-corrected chi connectivity index (χ2v) is 5.85. The Morgan fingerprint density at radius 1 is 1.00 bits per heavy atom. The molecule has 23 heavy (non-hydrogen) atoms. The summed E-state index contributed by atoms with van der Waals surface area (Å²) in [4.78, 5) is 15.9. The molecule has 0 aliphatic carbocycles. The second-order valence-electron chi connectivity index (χ2n) is 5.85. The van der Waals surface area contributed by atoms with Crippen LogP contribution in [-0.4, -0.2) is 26.4 Å². The zero-order valence-corrected chi connectivity index (χ0v) is 12.9. The maximum Gasteiger partial charge on any atom is 0.159 e. The van der Waals surface area contributed by atoms with Crippen LogP contribution in [0.2, 0.25) is 0 Å². The summed E-state index contributed by atoms with van der Waals surface area (Å²) < 4.78 is 0. The highest BCUT2D eigenvalue weighted by molar-refractivity contribution is 5.54. The first-order chi connectivity index (χ1) is 11.4. The lowest BCUT2D eigenvalue weighted by Crippen LogP contribution is -2.31. The fraction of sp³-hybridized carbons (Fsp3) is 0.211. The highest BCUT2D eigenvalue weighted by Gasteiger charge is 2.18. The van der Waals surface area contributed by atoms with E-state index in [2.05, 4.69) is 39.1 Å². The lowest BCUT2D eigenvalue weighted by molar-refractivity contribution is 0.241. The van der Waals surface area contributed by atoms with Crippen molar-refractivity contribution in [1.29, 1.82) is 0 Å². The molecule has 1 aliphatic rings. The number of hydrogen-bond donors (Lipinski definition) is 0. The Hall–Kier alpha value is -2.59. The predicted molar refractivity (Wildman–Crippen MR) is 89.5 cm³/mol. The van der Waals surface area contributed by atoms with Gasteiger partial charge in [0.05, 0.1) is 5.69 Å². The number of hydrogen-bond acceptors (Lipinski definition) is 4. The topological polar surface area (TPSA) is 41.9 Å². The molecule has 4 rings (SSSR count). The van der Waals surface area contributed by atoms with E-state index in [1.54, 1.807) is 0 Å². The average Bonchev–Trinajstić information content (AvgIpc) is 2.63. The van der Waals surface area contributed by atoms with E-state index in [1.165, 1.54) is 11.1 Å². The molecule has 0 radical (unpaired) electrons. The summed E-state index contributed by atoms with van der Waals surface area (Å²) in [6.07, 6.45) is 6.70. The molecule has 114 valence electrons. The van der Waals surface area contributed by atoms with Gasteiger partial charge < -0.3 is 0 Å². The molecule has 4 nitrogen and oxygen atoms in total. The summed E-state index contributed by atoms with van der Waals surface area (Å²) in [5.41, 5.74) is 4.79. The molecule has 0 amide bonds. The van der Waals surface area contributed by atoms with Crippen molar-refractivity contribution in [3.05, 3.63) is 77.9 Å². The number of rotatable bonds is 3. The van der Waals surface area contributed by atoms with Crippen LogP contribution in [0.5, 0.6) is 0 Å². The quantitative estimate of drug-likeness (QED) is 0.745. The number of fused-ring (bicyclic) bond motifs is 1. The Labute approximate surface area is 135 Å². The van der Waals surface area contributed by atoms with Crippen molar-refractivity contribution in [2.75, 3.05) is 6.54 Å². The Morgan fingerprint density at radius 3 is 2.65 bits per heavy atom. The van der Waals surface area contributed by atoms with E-state index in [1.807, 2.05) is 36.8 Å². The minimum absolute atomic E-state index is 0.815. The molecular formula is C19H18N4. The van der Waals surface area contributed by atoms with E-state index < -0.39 is 0 Å². The third-order valence-corrected chi connectivity index (χ3v) is 4.21. The largest absolute Gasteiger partial charge is 0.293 e. The van der Waals surface area contributed by atoms with Crippen LogP contribution in [0.4, 0.5) is 0 Å². The normalized spacial score (nSPS) is 14.4. The molecule has 1 aromatic carbocycles. The van der Waals surface area contributed by atoms with Crippen LogP contribution >= 0.6 is 0 Å². The van der Waals surface area contributed by atoms with Crippen LogP contribution in [0.15, 0.2) is 61.1 Å². The minimum atomic E-state index is 0.815. The maximum atomic E-state index is 4.81. The van der Waals surface area contributed by atoms with Crippen LogP contribution < -0.4 is 0 Å². The van der Waals surface area contributed by atoms with Gasteiger partial charge in [0.15, 0.2) is 5.82 Å². The van der Waals surface area contributed by atoms with E-state index in [0.717, 1.165) is 43.1 Å². The summed E-state index contributed by atoms with van der Waals surface area (Å²) in [5, 5.41) is 0. The van der Waals surface area contributed by atoms with Crippen molar-refractivity contribution in [2.45, 2.75) is 19.5 Å². The third-order valence-electron chi connectivity index (χ3n) is 4.21. The second kappa shape index (κ2) is 6.26. The molecule has 1 aliphatic heterocycles. The van der Waals surface area contributed by atoms with Gasteiger partial charge in [-0.05, 0) is 29.7 Å². The monoisotopic (exact) mass is 302 g/mol. The molecule has 0 N–H and O–H groups in total. The van der Waals surface area contributed by atoms with Gasteiger partial charge in [0.2, 0.25) is 0 Å². The lowest BCUT2D eigenvalue weighted by atomic mass is 10.1. The van der Waals surface area contributed by atoms with Crippen molar-refractivity contribution < 1.29 is 0 Å². The third kappa shape index (κ3) is 3.12. The van der Waals surface area contributed by atoms with E-state index in [0.29, 0.717) is 0 Å². The summed E-state index contributed by atoms with van der Waals surface area (Å²) in [6, 6.07) is 14.3. The van der Waals surface area contributed by atoms with Crippen LogP contribution in [0, 0.1) is 0 Å². The van der Waals surface area contributed by atoms with Gasteiger partial charge in [0.1, 0.15) is 0 Å². The van der Waals surface area contributed by atoms with Crippen molar-refractivity contribution in [3.8, 4) is 11.4 Å². The van der Waals surface area contributed by atoms with Crippen LogP contribution in [0.1, 0.15) is 16.8 Å². The van der Waals surface area contributed by atoms with E-state index in [4.69, 9.17) is 4.98 Å². The van der Waals surface area contributed by atoms with Crippen LogP contribution in [-0.2, 0) is 19.5 Å². The van der Waals surface area contributed by atoms with Gasteiger partial charge in [-0.25, -0.2) is 9.97 Å². The molecule has 3 aromatic rings. The van der Waals surface area contributed by atoms with Gasteiger partial charge in [-0.15, -0.1) is 0 Å². The first-order valence-electron chi connectivity index (χ1n) is 7.90. The molecule has 2 aromatic heterocycles. The van der Waals surface area contributed by atoms with Crippen molar-refractivity contribution >= 4 is 0 Å². The zero-order valence-electron chi connectivity index (χ0n) is 12.9. The van der Waals surface area contributed by atoms with Gasteiger partial charge >= 0.3 is 0 Å². The fourth-order valence-electron chi connectivity index (χ4n) is 2.96. The molecule has 0 spiro atoms. The van der Waals surface area contributed by atoms with E-state index >= 15 is 0 Å². The van der Waals surface area contributed by atoms with Gasteiger partial charge in [0, 0.05) is 43.8 Å². The molecule has 0 atom stereocenters. The number of pyridine rings is 1. The Balaban J connectivity index is 1.56. The fourth-order valence-corrected chi connectivity index (χ4v) is 2.96. The molecule has 0 fully saturated rings. The molecule has 0 bridgehead atoms. The first kappa shape index (κ1) is 14.0. The van der Waals surface area contributed by atoms with Crippen molar-refractivity contribution in [2.24, 2.45) is 0 Å². The number of aromatic nitrogens is 3. The highest BCUT2D eigenvalue weighted by atomic mass is 15.1. The van der Waals surface area contributed by atoms with Gasteiger partial charge in [-0.2, -0.15) is 0 Å². The maximum absolute atomic E-state index is 4.81. The van der Waals surface area contributed by atoms with Crippen molar-refractivity contribution in [3.63, 3.8) is 0 Å². The Morgan fingerprint density at radius 2 is 1.83 bits per heavy atom.